The maximum Gasteiger partial charge on any atom is 0.303 e. The summed E-state index contributed by atoms with van der Waals surface area (Å²) in [6.45, 7) is 3.59. The third-order valence-electron chi connectivity index (χ3n) is 5.35. The van der Waals surface area contributed by atoms with Gasteiger partial charge in [0.25, 0.3) is 0 Å². The molecule has 1 amide bonds. The molecule has 37 heavy (non-hydrogen) atoms. The quantitative estimate of drug-likeness (QED) is 0.0631. The number of nitrogens with two attached hydrogens (primary N) is 2. The van der Waals surface area contributed by atoms with E-state index in [0.29, 0.717) is 48.8 Å². The molecule has 0 spiro atoms. The first kappa shape index (κ1) is 31.4. The van der Waals surface area contributed by atoms with Crippen molar-refractivity contribution >= 4 is 39.8 Å². The minimum Gasteiger partial charge on any atom is -0.481 e. The third kappa shape index (κ3) is 13.3. The Balaban J connectivity index is 2.72. The maximum atomic E-state index is 12.7. The number of Topliss-reactive ketones (excluding diaryl/α,β-unsaturated/α-hetero) is 1. The Morgan fingerprint density at radius 3 is 2.22 bits per heavy atom. The summed E-state index contributed by atoms with van der Waals surface area (Å²) < 4.78 is 27.6. The lowest BCUT2D eigenvalue weighted by Gasteiger charge is -2.18. The molecule has 204 valence electrons. The van der Waals surface area contributed by atoms with Crippen molar-refractivity contribution in [3.8, 4) is 0 Å². The van der Waals surface area contributed by atoms with Gasteiger partial charge in [-0.1, -0.05) is 37.3 Å². The van der Waals surface area contributed by atoms with E-state index in [-0.39, 0.29) is 25.1 Å². The summed E-state index contributed by atoms with van der Waals surface area (Å²) in [6.07, 6.45) is 1.56. The van der Waals surface area contributed by atoms with Gasteiger partial charge in [-0.3, -0.25) is 19.8 Å². The Morgan fingerprint density at radius 2 is 1.68 bits per heavy atom. The number of aliphatic carboxylic acids is 1. The number of unbranched alkanes of at least 4 members (excludes halogenated alkanes) is 1. The number of allylic oxidation sites excluding steroid dienone is 1. The van der Waals surface area contributed by atoms with E-state index in [1.54, 1.807) is 0 Å². The zero-order valence-electron chi connectivity index (χ0n) is 20.6. The van der Waals surface area contributed by atoms with E-state index in [0.717, 1.165) is 0 Å². The van der Waals surface area contributed by atoms with Crippen molar-refractivity contribution in [2.45, 2.75) is 69.2 Å². The molecule has 0 radical (unpaired) electrons. The molecular weight excluding hydrogens is 502 g/mol. The smallest absolute Gasteiger partial charge is 0.303 e. The number of hydrogen-bond donors (Lipinski definition) is 6. The number of nitrogen functional groups attached to an aromatic ring is 1. The second-order valence-electron chi connectivity index (χ2n) is 8.65. The Hall–Kier alpha value is -3.58. The first-order chi connectivity index (χ1) is 17.3. The molecule has 1 rings (SSSR count). The highest BCUT2D eigenvalue weighted by atomic mass is 32.2. The molecule has 2 atom stereocenters. The van der Waals surface area contributed by atoms with Gasteiger partial charge in [0.05, 0.1) is 17.8 Å². The number of amidine groups is 1. The molecule has 1 unspecified atom stereocenters. The van der Waals surface area contributed by atoms with Crippen molar-refractivity contribution in [2.24, 2.45) is 11.5 Å². The number of carboxylic acid groups (broad SMARTS) is 1. The third-order valence-corrected chi connectivity index (χ3v) is 6.71. The van der Waals surface area contributed by atoms with Crippen LogP contribution in [0.15, 0.2) is 36.5 Å². The van der Waals surface area contributed by atoms with Crippen LogP contribution in [0.2, 0.25) is 0 Å². The fourth-order valence-corrected chi connectivity index (χ4v) is 4.79. The van der Waals surface area contributed by atoms with Gasteiger partial charge in [0.2, 0.25) is 15.9 Å². The molecule has 0 saturated heterocycles. The highest BCUT2D eigenvalue weighted by molar-refractivity contribution is 7.88. The van der Waals surface area contributed by atoms with E-state index in [4.69, 9.17) is 22.0 Å². The summed E-state index contributed by atoms with van der Waals surface area (Å²) in [5, 5.41) is 18.9. The van der Waals surface area contributed by atoms with E-state index in [2.05, 4.69) is 16.6 Å². The van der Waals surface area contributed by atoms with Gasteiger partial charge in [0, 0.05) is 30.5 Å². The molecule has 0 saturated carbocycles. The summed E-state index contributed by atoms with van der Waals surface area (Å²) >= 11 is 0. The maximum absolute atomic E-state index is 12.7. The van der Waals surface area contributed by atoms with Gasteiger partial charge in [-0.2, -0.15) is 0 Å². The predicted octanol–water partition coefficient (Wildman–Crippen LogP) is 0.689. The number of sulfonamides is 1. The van der Waals surface area contributed by atoms with Crippen LogP contribution in [-0.4, -0.2) is 55.4 Å². The summed E-state index contributed by atoms with van der Waals surface area (Å²) in [7, 11) is -4.05. The van der Waals surface area contributed by atoms with E-state index in [9.17, 15) is 27.6 Å². The monoisotopic (exact) mass is 537 g/mol. The van der Waals surface area contributed by atoms with Crippen LogP contribution < -0.4 is 21.5 Å². The zero-order chi connectivity index (χ0) is 28.0. The van der Waals surface area contributed by atoms with Crippen LogP contribution in [0.25, 0.3) is 0 Å². The number of amides is 1. The average Bonchev–Trinajstić information content (AvgIpc) is 2.81. The summed E-state index contributed by atoms with van der Waals surface area (Å²) in [4.78, 5) is 47.2. The van der Waals surface area contributed by atoms with Crippen molar-refractivity contribution in [3.05, 3.63) is 47.7 Å². The molecule has 0 fully saturated rings. The van der Waals surface area contributed by atoms with Crippen LogP contribution in [0.3, 0.4) is 0 Å². The minimum atomic E-state index is -4.05. The van der Waals surface area contributed by atoms with E-state index >= 15 is 0 Å². The SMILES string of the molecule is C=C(N)CCCCC(C=O)NC(=O)CCC(=O)[C@H](CCC(=O)O)NS(=O)(=O)Cc1ccc(C(=N)N)cc1. The van der Waals surface area contributed by atoms with Crippen LogP contribution in [0.5, 0.6) is 0 Å². The predicted molar refractivity (Wildman–Crippen MR) is 138 cm³/mol. The molecule has 0 aromatic heterocycles. The number of carbonyl (C=O) groups excluding carboxylic acids is 3. The fourth-order valence-electron chi connectivity index (χ4n) is 3.39. The molecule has 1 aromatic carbocycles. The molecule has 12 nitrogen and oxygen atoms in total. The zero-order valence-corrected chi connectivity index (χ0v) is 21.4. The molecule has 0 aliphatic heterocycles. The van der Waals surface area contributed by atoms with Crippen molar-refractivity contribution in [1.82, 2.24) is 10.0 Å². The number of ketones is 1. The van der Waals surface area contributed by atoms with Crippen molar-refractivity contribution in [2.75, 3.05) is 0 Å². The summed E-state index contributed by atoms with van der Waals surface area (Å²) in [5.41, 5.74) is 12.2. The van der Waals surface area contributed by atoms with Gasteiger partial charge < -0.3 is 26.7 Å². The number of carbonyl (C=O) groups is 4. The van der Waals surface area contributed by atoms with Crippen LogP contribution in [0.1, 0.15) is 62.5 Å². The normalized spacial score (nSPS) is 12.8. The molecule has 0 heterocycles. The standard InChI is InChI=1S/C24H35N5O7S/c1-16(25)4-2-3-5-19(14-30)28-22(32)12-11-21(31)20(10-13-23(33)34)29-37(35,36)15-17-6-8-18(9-7-17)24(26)27/h6-9,14,19-20,29H,1-5,10-13,15,25H2,(H3,26,27)(H,28,32)(H,33,34)/t19?,20-/m0/s1. The number of nitrogens with one attached hydrogen (secondary N) is 3. The highest BCUT2D eigenvalue weighted by Gasteiger charge is 2.26. The van der Waals surface area contributed by atoms with Crippen LogP contribution in [-0.2, 0) is 35.0 Å². The van der Waals surface area contributed by atoms with Crippen molar-refractivity contribution < 1.29 is 32.7 Å². The number of carboxylic acids is 1. The summed E-state index contributed by atoms with van der Waals surface area (Å²) in [5.74, 6) is -3.06. The van der Waals surface area contributed by atoms with Gasteiger partial charge in [0.15, 0.2) is 5.78 Å². The lowest BCUT2D eigenvalue weighted by atomic mass is 10.0. The molecule has 0 bridgehead atoms. The minimum absolute atomic E-state index is 0.173. The number of benzene rings is 1. The average molecular weight is 538 g/mol. The molecular formula is C24H35N5O7S. The molecule has 8 N–H and O–H groups in total. The first-order valence-corrected chi connectivity index (χ1v) is 13.3. The van der Waals surface area contributed by atoms with Crippen molar-refractivity contribution in [3.63, 3.8) is 0 Å². The van der Waals surface area contributed by atoms with Crippen molar-refractivity contribution in [1.29, 1.82) is 5.41 Å². The highest BCUT2D eigenvalue weighted by Crippen LogP contribution is 2.12. The molecule has 0 aliphatic carbocycles. The van der Waals surface area contributed by atoms with E-state index < -0.39 is 51.9 Å². The van der Waals surface area contributed by atoms with Gasteiger partial charge in [-0.25, -0.2) is 13.1 Å². The van der Waals surface area contributed by atoms with Gasteiger partial charge in [-0.15, -0.1) is 0 Å². The van der Waals surface area contributed by atoms with Crippen LogP contribution in [0.4, 0.5) is 0 Å². The Morgan fingerprint density at radius 1 is 1.03 bits per heavy atom. The largest absolute Gasteiger partial charge is 0.481 e. The second kappa shape index (κ2) is 15.5. The van der Waals surface area contributed by atoms with Gasteiger partial charge >= 0.3 is 5.97 Å². The second-order valence-corrected chi connectivity index (χ2v) is 10.4. The number of rotatable bonds is 19. The number of aldehydes is 1. The van der Waals surface area contributed by atoms with Gasteiger partial charge in [0.1, 0.15) is 12.1 Å². The number of hydrogen-bond acceptors (Lipinski definition) is 8. The first-order valence-electron chi connectivity index (χ1n) is 11.7. The topological polar surface area (TPSA) is 223 Å². The van der Waals surface area contributed by atoms with Crippen LogP contribution >= 0.6 is 0 Å². The van der Waals surface area contributed by atoms with E-state index in [1.807, 2.05) is 0 Å². The Kier molecular flexibility index (Phi) is 13.2. The fraction of sp³-hybridized carbons (Fsp3) is 0.458. The lowest BCUT2D eigenvalue weighted by Crippen LogP contribution is -2.42. The molecule has 13 heteroatoms. The Bertz CT molecular complexity index is 1090. The Labute approximate surface area is 216 Å². The molecule has 0 aliphatic rings. The van der Waals surface area contributed by atoms with Crippen LogP contribution in [0, 0.1) is 5.41 Å². The van der Waals surface area contributed by atoms with Gasteiger partial charge in [-0.05, 0) is 31.2 Å². The summed E-state index contributed by atoms with van der Waals surface area (Å²) in [6, 6.07) is 3.86. The van der Waals surface area contributed by atoms with E-state index in [1.165, 1.54) is 24.3 Å². The molecule has 1 aromatic rings. The lowest BCUT2D eigenvalue weighted by molar-refractivity contribution is -0.137.